The van der Waals surface area contributed by atoms with Crippen LogP contribution < -0.4 is 0 Å². The number of β-amino-alcohol motifs (C(OH)–C–C–N with tert-alkyl or cyclic N) is 1. The number of hydrogen-bond donors (Lipinski definition) is 1. The van der Waals surface area contributed by atoms with Crippen LogP contribution in [-0.2, 0) is 11.3 Å². The van der Waals surface area contributed by atoms with Crippen molar-refractivity contribution in [2.75, 3.05) is 6.54 Å². The molecule has 5 heteroatoms. The van der Waals surface area contributed by atoms with Crippen molar-refractivity contribution in [3.05, 3.63) is 15.6 Å². The Morgan fingerprint density at radius 1 is 1.60 bits per heavy atom. The lowest BCUT2D eigenvalue weighted by atomic mass is 10.3. The van der Waals surface area contributed by atoms with Crippen molar-refractivity contribution >= 4 is 17.2 Å². The van der Waals surface area contributed by atoms with Gasteiger partial charge in [0.25, 0.3) is 0 Å². The highest BCUT2D eigenvalue weighted by Crippen LogP contribution is 2.22. The molecule has 2 rings (SSSR count). The molecule has 0 spiro atoms. The molecule has 1 aromatic heterocycles. The highest BCUT2D eigenvalue weighted by atomic mass is 32.1. The van der Waals surface area contributed by atoms with Gasteiger partial charge in [0.1, 0.15) is 0 Å². The molecule has 15 heavy (non-hydrogen) atoms. The van der Waals surface area contributed by atoms with Gasteiger partial charge in [-0.05, 0) is 13.8 Å². The normalized spacial score (nSPS) is 21.4. The van der Waals surface area contributed by atoms with Gasteiger partial charge in [-0.2, -0.15) is 0 Å². The molecule has 4 nitrogen and oxygen atoms in total. The number of aliphatic hydroxyl groups excluding tert-OH is 1. The molecule has 0 saturated carbocycles. The number of thiazole rings is 1. The Hall–Kier alpha value is -0.940. The lowest BCUT2D eigenvalue weighted by Gasteiger charge is -2.14. The number of aryl methyl sites for hydroxylation is 2. The predicted octanol–water partition coefficient (Wildman–Crippen LogP) is 0.853. The molecule has 1 aliphatic heterocycles. The first-order valence-electron chi connectivity index (χ1n) is 4.95. The van der Waals surface area contributed by atoms with E-state index in [-0.39, 0.29) is 12.3 Å². The summed E-state index contributed by atoms with van der Waals surface area (Å²) >= 11 is 1.62. The van der Waals surface area contributed by atoms with Crippen LogP contribution in [0.25, 0.3) is 0 Å². The Balaban J connectivity index is 2.09. The summed E-state index contributed by atoms with van der Waals surface area (Å²) in [4.78, 5) is 18.6. The maximum absolute atomic E-state index is 11.5. The molecule has 1 atom stereocenters. The van der Waals surface area contributed by atoms with Crippen LogP contribution in [0, 0.1) is 13.8 Å². The first-order chi connectivity index (χ1) is 7.06. The number of hydrogen-bond acceptors (Lipinski definition) is 4. The molecule has 0 aliphatic carbocycles. The summed E-state index contributed by atoms with van der Waals surface area (Å²) in [5, 5.41) is 10.4. The topological polar surface area (TPSA) is 53.4 Å². The minimum absolute atomic E-state index is 0.0351. The summed E-state index contributed by atoms with van der Waals surface area (Å²) in [6.45, 7) is 4.96. The highest BCUT2D eigenvalue weighted by molar-refractivity contribution is 7.11. The van der Waals surface area contributed by atoms with E-state index < -0.39 is 6.10 Å². The zero-order valence-corrected chi connectivity index (χ0v) is 9.67. The number of nitrogens with zero attached hydrogens (tertiary/aromatic N) is 2. The first kappa shape index (κ1) is 10.6. The minimum Gasteiger partial charge on any atom is -0.391 e. The molecule has 1 aliphatic rings. The maximum atomic E-state index is 11.5. The van der Waals surface area contributed by atoms with Crippen molar-refractivity contribution in [3.63, 3.8) is 0 Å². The van der Waals surface area contributed by atoms with E-state index in [2.05, 4.69) is 4.98 Å². The van der Waals surface area contributed by atoms with Crippen LogP contribution in [0.5, 0.6) is 0 Å². The van der Waals surface area contributed by atoms with Gasteiger partial charge in [0.2, 0.25) is 5.91 Å². The Morgan fingerprint density at radius 3 is 2.80 bits per heavy atom. The Labute approximate surface area is 92.6 Å². The van der Waals surface area contributed by atoms with Crippen molar-refractivity contribution in [1.29, 1.82) is 0 Å². The van der Waals surface area contributed by atoms with Gasteiger partial charge in [-0.15, -0.1) is 11.3 Å². The molecule has 1 aromatic rings. The van der Waals surface area contributed by atoms with Crippen LogP contribution in [0.4, 0.5) is 0 Å². The minimum atomic E-state index is -0.494. The number of carbonyl (C=O) groups is 1. The number of likely N-dealkylation sites (tertiary alicyclic amines) is 1. The molecule has 82 valence electrons. The zero-order valence-electron chi connectivity index (χ0n) is 8.86. The summed E-state index contributed by atoms with van der Waals surface area (Å²) in [6.07, 6.45) is -0.233. The average molecular weight is 226 g/mol. The van der Waals surface area contributed by atoms with E-state index in [1.54, 1.807) is 16.2 Å². The van der Waals surface area contributed by atoms with E-state index in [0.717, 1.165) is 15.6 Å². The van der Waals surface area contributed by atoms with Crippen LogP contribution >= 0.6 is 11.3 Å². The van der Waals surface area contributed by atoms with Gasteiger partial charge in [-0.1, -0.05) is 0 Å². The molecular weight excluding hydrogens is 212 g/mol. The lowest BCUT2D eigenvalue weighted by Crippen LogP contribution is -2.25. The number of aromatic nitrogens is 1. The fraction of sp³-hybridized carbons (Fsp3) is 0.600. The Morgan fingerprint density at radius 2 is 2.33 bits per heavy atom. The molecule has 0 aromatic carbocycles. The number of aliphatic hydroxyl groups is 1. The molecule has 1 saturated heterocycles. The third-order valence-corrected chi connectivity index (χ3v) is 3.59. The number of carbonyl (C=O) groups excluding carboxylic acids is 1. The van der Waals surface area contributed by atoms with Crippen molar-refractivity contribution in [3.8, 4) is 0 Å². The molecule has 2 heterocycles. The van der Waals surface area contributed by atoms with Gasteiger partial charge >= 0.3 is 0 Å². The van der Waals surface area contributed by atoms with Crippen molar-refractivity contribution in [2.45, 2.75) is 32.9 Å². The quantitative estimate of drug-likeness (QED) is 0.813. The summed E-state index contributed by atoms with van der Waals surface area (Å²) in [7, 11) is 0. The van der Waals surface area contributed by atoms with Gasteiger partial charge < -0.3 is 10.0 Å². The average Bonchev–Trinajstić information content (AvgIpc) is 2.58. The third kappa shape index (κ3) is 2.18. The van der Waals surface area contributed by atoms with Gasteiger partial charge in [0.05, 0.1) is 29.8 Å². The second-order valence-electron chi connectivity index (χ2n) is 3.87. The van der Waals surface area contributed by atoms with Gasteiger partial charge in [-0.25, -0.2) is 4.98 Å². The summed E-state index contributed by atoms with van der Waals surface area (Å²) in [6, 6.07) is 0. The molecule has 1 N–H and O–H groups in total. The molecule has 1 fully saturated rings. The standard InChI is InChI=1S/C10H14N2O2S/c1-6-9(15-7(2)11-6)5-12-4-8(13)3-10(12)14/h8,13H,3-5H2,1-2H3. The SMILES string of the molecule is Cc1nc(C)c(CN2CC(O)CC2=O)s1. The monoisotopic (exact) mass is 226 g/mol. The second kappa shape index (κ2) is 3.90. The van der Waals surface area contributed by atoms with Gasteiger partial charge in [0.15, 0.2) is 0 Å². The summed E-state index contributed by atoms with van der Waals surface area (Å²) < 4.78 is 0. The largest absolute Gasteiger partial charge is 0.391 e. The van der Waals surface area contributed by atoms with Crippen molar-refractivity contribution < 1.29 is 9.90 Å². The Bertz CT molecular complexity index is 389. The Kier molecular flexibility index (Phi) is 2.75. The summed E-state index contributed by atoms with van der Waals surface area (Å²) in [5.41, 5.74) is 0.992. The van der Waals surface area contributed by atoms with E-state index in [0.29, 0.717) is 13.1 Å². The second-order valence-corrected chi connectivity index (χ2v) is 5.16. The molecule has 1 amide bonds. The first-order valence-corrected chi connectivity index (χ1v) is 5.76. The van der Waals surface area contributed by atoms with Crippen LogP contribution in [0.1, 0.15) is 22.0 Å². The van der Waals surface area contributed by atoms with Gasteiger partial charge in [0, 0.05) is 11.4 Å². The number of amides is 1. The van der Waals surface area contributed by atoms with Crippen LogP contribution in [0.15, 0.2) is 0 Å². The van der Waals surface area contributed by atoms with E-state index in [1.807, 2.05) is 13.8 Å². The van der Waals surface area contributed by atoms with Crippen molar-refractivity contribution in [1.82, 2.24) is 9.88 Å². The van der Waals surface area contributed by atoms with E-state index in [1.165, 1.54) is 0 Å². The van der Waals surface area contributed by atoms with Crippen LogP contribution in [-0.4, -0.2) is 33.5 Å². The van der Waals surface area contributed by atoms with Gasteiger partial charge in [-0.3, -0.25) is 4.79 Å². The van der Waals surface area contributed by atoms with E-state index in [4.69, 9.17) is 0 Å². The third-order valence-electron chi connectivity index (χ3n) is 2.53. The lowest BCUT2D eigenvalue weighted by molar-refractivity contribution is -0.128. The van der Waals surface area contributed by atoms with E-state index >= 15 is 0 Å². The van der Waals surface area contributed by atoms with Crippen LogP contribution in [0.2, 0.25) is 0 Å². The fourth-order valence-corrected chi connectivity index (χ4v) is 2.75. The smallest absolute Gasteiger partial charge is 0.225 e. The van der Waals surface area contributed by atoms with E-state index in [9.17, 15) is 9.90 Å². The van der Waals surface area contributed by atoms with Crippen LogP contribution in [0.3, 0.4) is 0 Å². The molecule has 0 radical (unpaired) electrons. The highest BCUT2D eigenvalue weighted by Gasteiger charge is 2.28. The summed E-state index contributed by atoms with van der Waals surface area (Å²) in [5.74, 6) is 0.0351. The zero-order chi connectivity index (χ0) is 11.0. The predicted molar refractivity (Wildman–Crippen MR) is 57.6 cm³/mol. The maximum Gasteiger partial charge on any atom is 0.225 e. The number of rotatable bonds is 2. The van der Waals surface area contributed by atoms with Crippen molar-refractivity contribution in [2.24, 2.45) is 0 Å². The molecular formula is C10H14N2O2S. The molecule has 0 bridgehead atoms. The fourth-order valence-electron chi connectivity index (χ4n) is 1.80. The molecule has 1 unspecified atom stereocenters.